The average Bonchev–Trinajstić information content (AvgIpc) is 3.09. The first-order valence-corrected chi connectivity index (χ1v) is 7.68. The molecule has 0 atom stereocenters. The van der Waals surface area contributed by atoms with Gasteiger partial charge in [-0.2, -0.15) is 5.10 Å². The molecule has 1 aliphatic rings. The summed E-state index contributed by atoms with van der Waals surface area (Å²) < 4.78 is 3.18. The molecule has 1 fully saturated rings. The van der Waals surface area contributed by atoms with Crippen LogP contribution in [0.3, 0.4) is 0 Å². The van der Waals surface area contributed by atoms with Gasteiger partial charge in [0, 0.05) is 16.1 Å². The second-order valence-corrected chi connectivity index (χ2v) is 6.62. The Balaban J connectivity index is 1.81. The van der Waals surface area contributed by atoms with Crippen molar-refractivity contribution >= 4 is 46.0 Å². The van der Waals surface area contributed by atoms with E-state index in [0.717, 1.165) is 8.72 Å². The SMILES string of the molecule is Clc1ccc(Sc2cn(C3CC3)nc2I)cc1. The molecule has 0 unspecified atom stereocenters. The largest absolute Gasteiger partial charge is 0.267 e. The summed E-state index contributed by atoms with van der Waals surface area (Å²) in [6.45, 7) is 0. The van der Waals surface area contributed by atoms with Crippen LogP contribution in [0.15, 0.2) is 40.3 Å². The Hall–Kier alpha value is -0.200. The van der Waals surface area contributed by atoms with Crippen molar-refractivity contribution in [1.82, 2.24) is 9.78 Å². The molecule has 3 rings (SSSR count). The van der Waals surface area contributed by atoms with Gasteiger partial charge in [0.25, 0.3) is 0 Å². The standard InChI is InChI=1S/C12H10ClIN2S/c13-8-1-5-10(6-2-8)17-11-7-16(9-3-4-9)15-12(11)14/h1-2,5-7,9H,3-4H2. The van der Waals surface area contributed by atoms with E-state index < -0.39 is 0 Å². The predicted octanol–water partition coefficient (Wildman–Crippen LogP) is 4.63. The Morgan fingerprint density at radius 2 is 2.00 bits per heavy atom. The van der Waals surface area contributed by atoms with Gasteiger partial charge >= 0.3 is 0 Å². The number of aromatic nitrogens is 2. The molecule has 0 amide bonds. The van der Waals surface area contributed by atoms with Crippen molar-refractivity contribution < 1.29 is 0 Å². The highest BCUT2D eigenvalue weighted by molar-refractivity contribution is 14.1. The lowest BCUT2D eigenvalue weighted by Gasteiger charge is -1.98. The smallest absolute Gasteiger partial charge is 0.137 e. The van der Waals surface area contributed by atoms with Crippen LogP contribution < -0.4 is 0 Å². The van der Waals surface area contributed by atoms with Crippen molar-refractivity contribution in [3.8, 4) is 0 Å². The molecule has 0 spiro atoms. The zero-order valence-electron chi connectivity index (χ0n) is 8.94. The van der Waals surface area contributed by atoms with E-state index >= 15 is 0 Å². The molecular formula is C12H10ClIN2S. The Bertz CT molecular complexity index is 534. The Labute approximate surface area is 123 Å². The summed E-state index contributed by atoms with van der Waals surface area (Å²) in [4.78, 5) is 2.42. The van der Waals surface area contributed by atoms with Crippen molar-refractivity contribution in [3.05, 3.63) is 39.2 Å². The summed E-state index contributed by atoms with van der Waals surface area (Å²) in [7, 11) is 0. The van der Waals surface area contributed by atoms with Gasteiger partial charge in [-0.05, 0) is 59.7 Å². The summed E-state index contributed by atoms with van der Waals surface area (Å²) in [5.74, 6) is 0. The van der Waals surface area contributed by atoms with Crippen LogP contribution in [0.2, 0.25) is 5.02 Å². The van der Waals surface area contributed by atoms with Gasteiger partial charge in [0.2, 0.25) is 0 Å². The molecule has 1 aromatic carbocycles. The molecule has 5 heteroatoms. The lowest BCUT2D eigenvalue weighted by atomic mass is 10.4. The van der Waals surface area contributed by atoms with Crippen LogP contribution in [0.4, 0.5) is 0 Å². The average molecular weight is 377 g/mol. The molecule has 0 radical (unpaired) electrons. The number of nitrogens with zero attached hydrogens (tertiary/aromatic N) is 2. The highest BCUT2D eigenvalue weighted by Crippen LogP contribution is 2.38. The predicted molar refractivity (Wildman–Crippen MR) is 78.8 cm³/mol. The summed E-state index contributed by atoms with van der Waals surface area (Å²) in [5, 5.41) is 5.32. The molecule has 1 aliphatic carbocycles. The molecule has 1 aromatic heterocycles. The first-order valence-electron chi connectivity index (χ1n) is 5.40. The summed E-state index contributed by atoms with van der Waals surface area (Å²) >= 11 is 9.91. The minimum Gasteiger partial charge on any atom is -0.267 e. The van der Waals surface area contributed by atoms with Gasteiger partial charge in [-0.1, -0.05) is 23.4 Å². The van der Waals surface area contributed by atoms with Gasteiger partial charge in [-0.25, -0.2) is 0 Å². The second kappa shape index (κ2) is 4.82. The van der Waals surface area contributed by atoms with Crippen LogP contribution in [0, 0.1) is 3.70 Å². The fourth-order valence-corrected chi connectivity index (χ4v) is 3.23. The maximum atomic E-state index is 5.87. The summed E-state index contributed by atoms with van der Waals surface area (Å²) in [6, 6.07) is 8.56. The van der Waals surface area contributed by atoms with Gasteiger partial charge in [0.1, 0.15) is 3.70 Å². The molecule has 1 heterocycles. The third-order valence-corrected chi connectivity index (χ3v) is 5.06. The van der Waals surface area contributed by atoms with Crippen molar-refractivity contribution in [2.45, 2.75) is 28.7 Å². The van der Waals surface area contributed by atoms with Crippen LogP contribution in [0.5, 0.6) is 0 Å². The van der Waals surface area contributed by atoms with Gasteiger partial charge < -0.3 is 0 Å². The number of rotatable bonds is 3. The third-order valence-electron chi connectivity index (χ3n) is 2.62. The van der Waals surface area contributed by atoms with Crippen molar-refractivity contribution in [2.75, 3.05) is 0 Å². The molecule has 1 saturated carbocycles. The molecule has 2 nitrogen and oxygen atoms in total. The molecular weight excluding hydrogens is 367 g/mol. The van der Waals surface area contributed by atoms with Gasteiger partial charge in [0.15, 0.2) is 0 Å². The van der Waals surface area contributed by atoms with Crippen LogP contribution >= 0.6 is 46.0 Å². The summed E-state index contributed by atoms with van der Waals surface area (Å²) in [5.41, 5.74) is 0. The second-order valence-electron chi connectivity index (χ2n) is 4.05. The molecule has 88 valence electrons. The fraction of sp³-hybridized carbons (Fsp3) is 0.250. The molecule has 0 saturated heterocycles. The summed E-state index contributed by atoms with van der Waals surface area (Å²) in [6.07, 6.45) is 4.68. The first-order chi connectivity index (χ1) is 8.22. The molecule has 0 aliphatic heterocycles. The lowest BCUT2D eigenvalue weighted by molar-refractivity contribution is 0.636. The third kappa shape index (κ3) is 2.80. The highest BCUT2D eigenvalue weighted by atomic mass is 127. The fourth-order valence-electron chi connectivity index (χ4n) is 1.58. The van der Waals surface area contributed by atoms with E-state index in [1.807, 2.05) is 24.3 Å². The van der Waals surface area contributed by atoms with E-state index in [9.17, 15) is 0 Å². The zero-order valence-corrected chi connectivity index (χ0v) is 12.7. The van der Waals surface area contributed by atoms with E-state index in [-0.39, 0.29) is 0 Å². The maximum Gasteiger partial charge on any atom is 0.137 e. The van der Waals surface area contributed by atoms with E-state index in [1.165, 1.54) is 22.6 Å². The van der Waals surface area contributed by atoms with Crippen molar-refractivity contribution in [3.63, 3.8) is 0 Å². The van der Waals surface area contributed by atoms with E-state index in [1.54, 1.807) is 11.8 Å². The van der Waals surface area contributed by atoms with Crippen LogP contribution in [-0.2, 0) is 0 Å². The molecule has 2 aromatic rings. The van der Waals surface area contributed by atoms with Crippen molar-refractivity contribution in [1.29, 1.82) is 0 Å². The maximum absolute atomic E-state index is 5.87. The first kappa shape index (κ1) is 11.9. The number of halogens is 2. The molecule has 17 heavy (non-hydrogen) atoms. The Morgan fingerprint density at radius 3 is 2.65 bits per heavy atom. The van der Waals surface area contributed by atoms with E-state index in [0.29, 0.717) is 6.04 Å². The minimum atomic E-state index is 0.642. The number of hydrogen-bond acceptors (Lipinski definition) is 2. The topological polar surface area (TPSA) is 17.8 Å². The van der Waals surface area contributed by atoms with Crippen molar-refractivity contribution in [2.24, 2.45) is 0 Å². The van der Waals surface area contributed by atoms with Crippen LogP contribution in [-0.4, -0.2) is 9.78 Å². The Kier molecular flexibility index (Phi) is 3.36. The van der Waals surface area contributed by atoms with Gasteiger partial charge in [0.05, 0.1) is 10.9 Å². The zero-order chi connectivity index (χ0) is 11.8. The van der Waals surface area contributed by atoms with E-state index in [4.69, 9.17) is 11.6 Å². The minimum absolute atomic E-state index is 0.642. The number of benzene rings is 1. The normalized spacial score (nSPS) is 15.2. The number of hydrogen-bond donors (Lipinski definition) is 0. The van der Waals surface area contributed by atoms with Gasteiger partial charge in [-0.15, -0.1) is 0 Å². The van der Waals surface area contributed by atoms with Gasteiger partial charge in [-0.3, -0.25) is 4.68 Å². The monoisotopic (exact) mass is 376 g/mol. The molecule has 0 bridgehead atoms. The van der Waals surface area contributed by atoms with Crippen LogP contribution in [0.25, 0.3) is 0 Å². The van der Waals surface area contributed by atoms with Crippen LogP contribution in [0.1, 0.15) is 18.9 Å². The quantitative estimate of drug-likeness (QED) is 0.727. The Morgan fingerprint density at radius 1 is 1.29 bits per heavy atom. The highest BCUT2D eigenvalue weighted by Gasteiger charge is 2.25. The van der Waals surface area contributed by atoms with E-state index in [2.05, 4.69) is 38.6 Å². The lowest BCUT2D eigenvalue weighted by Crippen LogP contribution is -1.93. The molecule has 0 N–H and O–H groups in total.